The van der Waals surface area contributed by atoms with E-state index in [0.29, 0.717) is 17.2 Å². The van der Waals surface area contributed by atoms with Gasteiger partial charge in [0.15, 0.2) is 0 Å². The summed E-state index contributed by atoms with van der Waals surface area (Å²) >= 11 is 0. The molecule has 5 heteroatoms. The van der Waals surface area contributed by atoms with Crippen molar-refractivity contribution >= 4 is 11.7 Å². The standard InChI is InChI=1S/C12H11NO4/c13-9-3-1-2-4-10(9)16-7-8-5-6-11(17-8)12(14)15/h1-6H,7,13H2,(H,14,15). The minimum Gasteiger partial charge on any atom is -0.483 e. The molecule has 0 unspecified atom stereocenters. The van der Waals surface area contributed by atoms with Crippen molar-refractivity contribution in [2.24, 2.45) is 0 Å². The zero-order valence-corrected chi connectivity index (χ0v) is 8.92. The maximum absolute atomic E-state index is 10.6. The van der Waals surface area contributed by atoms with Gasteiger partial charge in [-0.3, -0.25) is 0 Å². The van der Waals surface area contributed by atoms with Crippen LogP contribution in [-0.4, -0.2) is 11.1 Å². The summed E-state index contributed by atoms with van der Waals surface area (Å²) in [6.07, 6.45) is 0. The van der Waals surface area contributed by atoms with Gasteiger partial charge < -0.3 is 20.0 Å². The number of anilines is 1. The fourth-order valence-electron chi connectivity index (χ4n) is 1.33. The Hall–Kier alpha value is -2.43. The van der Waals surface area contributed by atoms with E-state index in [4.69, 9.17) is 20.0 Å². The summed E-state index contributed by atoms with van der Waals surface area (Å²) in [4.78, 5) is 10.6. The highest BCUT2D eigenvalue weighted by molar-refractivity contribution is 5.84. The fourth-order valence-corrected chi connectivity index (χ4v) is 1.33. The number of nitrogens with two attached hydrogens (primary N) is 1. The van der Waals surface area contributed by atoms with Gasteiger partial charge in [-0.05, 0) is 24.3 Å². The van der Waals surface area contributed by atoms with E-state index in [2.05, 4.69) is 0 Å². The first kappa shape index (κ1) is 11.1. The van der Waals surface area contributed by atoms with E-state index < -0.39 is 5.97 Å². The van der Waals surface area contributed by atoms with Crippen LogP contribution < -0.4 is 10.5 Å². The highest BCUT2D eigenvalue weighted by atomic mass is 16.5. The Morgan fingerprint density at radius 3 is 2.71 bits per heavy atom. The molecule has 2 rings (SSSR count). The van der Waals surface area contributed by atoms with E-state index in [0.717, 1.165) is 0 Å². The zero-order valence-electron chi connectivity index (χ0n) is 8.92. The molecule has 3 N–H and O–H groups in total. The molecule has 0 aliphatic rings. The van der Waals surface area contributed by atoms with Gasteiger partial charge in [0.1, 0.15) is 18.1 Å². The molecule has 5 nitrogen and oxygen atoms in total. The molecule has 0 fully saturated rings. The van der Waals surface area contributed by atoms with Crippen LogP contribution in [0.3, 0.4) is 0 Å². The van der Waals surface area contributed by atoms with E-state index in [1.165, 1.54) is 6.07 Å². The molecule has 0 amide bonds. The summed E-state index contributed by atoms with van der Waals surface area (Å²) in [5.41, 5.74) is 6.21. The minimum absolute atomic E-state index is 0.107. The van der Waals surface area contributed by atoms with Crippen LogP contribution in [0.1, 0.15) is 16.3 Å². The molecule has 0 aliphatic heterocycles. The molecule has 0 atom stereocenters. The number of hydrogen-bond donors (Lipinski definition) is 2. The molecule has 1 aromatic heterocycles. The lowest BCUT2D eigenvalue weighted by atomic mass is 10.3. The van der Waals surface area contributed by atoms with Crippen molar-refractivity contribution in [3.8, 4) is 5.75 Å². The molecule has 0 bridgehead atoms. The van der Waals surface area contributed by atoms with Crippen molar-refractivity contribution in [1.82, 2.24) is 0 Å². The SMILES string of the molecule is Nc1ccccc1OCc1ccc(C(=O)O)o1. The number of carboxylic acid groups (broad SMARTS) is 1. The third-order valence-corrected chi connectivity index (χ3v) is 2.16. The first-order valence-corrected chi connectivity index (χ1v) is 4.96. The highest BCUT2D eigenvalue weighted by Gasteiger charge is 2.09. The van der Waals surface area contributed by atoms with Crippen LogP contribution in [0.15, 0.2) is 40.8 Å². The fraction of sp³-hybridized carbons (Fsp3) is 0.0833. The van der Waals surface area contributed by atoms with Crippen LogP contribution in [0.5, 0.6) is 5.75 Å². The van der Waals surface area contributed by atoms with Gasteiger partial charge in [0.25, 0.3) is 0 Å². The van der Waals surface area contributed by atoms with Crippen LogP contribution >= 0.6 is 0 Å². The molecule has 0 saturated carbocycles. The summed E-state index contributed by atoms with van der Waals surface area (Å²) in [5, 5.41) is 8.67. The molecule has 2 aromatic rings. The number of aromatic carboxylic acids is 1. The van der Waals surface area contributed by atoms with Gasteiger partial charge >= 0.3 is 5.97 Å². The van der Waals surface area contributed by atoms with E-state index in [-0.39, 0.29) is 12.4 Å². The Morgan fingerprint density at radius 1 is 1.29 bits per heavy atom. The Morgan fingerprint density at radius 2 is 2.06 bits per heavy atom. The zero-order chi connectivity index (χ0) is 12.3. The number of ether oxygens (including phenoxy) is 1. The van der Waals surface area contributed by atoms with Crippen molar-refractivity contribution in [3.05, 3.63) is 47.9 Å². The average molecular weight is 233 g/mol. The lowest BCUT2D eigenvalue weighted by molar-refractivity contribution is 0.0658. The summed E-state index contributed by atoms with van der Waals surface area (Å²) < 4.78 is 10.4. The lowest BCUT2D eigenvalue weighted by Gasteiger charge is -2.06. The molecular weight excluding hydrogens is 222 g/mol. The number of carbonyl (C=O) groups is 1. The topological polar surface area (TPSA) is 85.7 Å². The van der Waals surface area contributed by atoms with E-state index >= 15 is 0 Å². The Balaban J connectivity index is 2.02. The largest absolute Gasteiger partial charge is 0.483 e. The first-order valence-electron chi connectivity index (χ1n) is 4.96. The monoisotopic (exact) mass is 233 g/mol. The Kier molecular flexibility index (Phi) is 3.00. The number of furan rings is 1. The second-order valence-corrected chi connectivity index (χ2v) is 3.40. The lowest BCUT2D eigenvalue weighted by Crippen LogP contribution is -1.97. The second-order valence-electron chi connectivity index (χ2n) is 3.40. The van der Waals surface area contributed by atoms with Crippen molar-refractivity contribution in [2.45, 2.75) is 6.61 Å². The number of nitrogen functional groups attached to an aromatic ring is 1. The quantitative estimate of drug-likeness (QED) is 0.790. The molecule has 1 aromatic carbocycles. The third kappa shape index (κ3) is 2.57. The Bertz CT molecular complexity index is 533. The van der Waals surface area contributed by atoms with Crippen LogP contribution in [0.25, 0.3) is 0 Å². The molecule has 0 spiro atoms. The van der Waals surface area contributed by atoms with Gasteiger partial charge in [-0.15, -0.1) is 0 Å². The number of rotatable bonds is 4. The van der Waals surface area contributed by atoms with Gasteiger partial charge in [0.05, 0.1) is 5.69 Å². The number of para-hydroxylation sites is 2. The number of benzene rings is 1. The maximum Gasteiger partial charge on any atom is 0.371 e. The van der Waals surface area contributed by atoms with Crippen LogP contribution in [0, 0.1) is 0 Å². The normalized spacial score (nSPS) is 10.1. The van der Waals surface area contributed by atoms with E-state index in [9.17, 15) is 4.79 Å². The van der Waals surface area contributed by atoms with E-state index in [1.807, 2.05) is 0 Å². The smallest absolute Gasteiger partial charge is 0.371 e. The summed E-state index contributed by atoms with van der Waals surface area (Å²) in [6, 6.07) is 10.0. The van der Waals surface area contributed by atoms with Gasteiger partial charge in [-0.25, -0.2) is 4.79 Å². The first-order chi connectivity index (χ1) is 8.16. The minimum atomic E-state index is -1.10. The molecule has 88 valence electrons. The van der Waals surface area contributed by atoms with Crippen LogP contribution in [-0.2, 0) is 6.61 Å². The molecule has 0 radical (unpaired) electrons. The predicted octanol–water partition coefficient (Wildman–Crippen LogP) is 2.14. The summed E-state index contributed by atoms with van der Waals surface area (Å²) in [5.74, 6) is -0.230. The number of carboxylic acids is 1. The van der Waals surface area contributed by atoms with Gasteiger partial charge in [-0.1, -0.05) is 12.1 Å². The average Bonchev–Trinajstić information content (AvgIpc) is 2.77. The van der Waals surface area contributed by atoms with Crippen molar-refractivity contribution < 1.29 is 19.1 Å². The van der Waals surface area contributed by atoms with Crippen LogP contribution in [0.2, 0.25) is 0 Å². The van der Waals surface area contributed by atoms with Crippen LogP contribution in [0.4, 0.5) is 5.69 Å². The Labute approximate surface area is 97.4 Å². The summed E-state index contributed by atoms with van der Waals surface area (Å²) in [6.45, 7) is 0.140. The maximum atomic E-state index is 10.6. The molecule has 0 saturated heterocycles. The van der Waals surface area contributed by atoms with Gasteiger partial charge in [0.2, 0.25) is 5.76 Å². The third-order valence-electron chi connectivity index (χ3n) is 2.16. The molecule has 1 heterocycles. The second kappa shape index (κ2) is 4.61. The predicted molar refractivity (Wildman–Crippen MR) is 60.9 cm³/mol. The molecule has 0 aliphatic carbocycles. The van der Waals surface area contributed by atoms with Gasteiger partial charge in [0, 0.05) is 0 Å². The van der Waals surface area contributed by atoms with Gasteiger partial charge in [-0.2, -0.15) is 0 Å². The van der Waals surface area contributed by atoms with Crippen molar-refractivity contribution in [3.63, 3.8) is 0 Å². The molecular formula is C12H11NO4. The number of hydrogen-bond acceptors (Lipinski definition) is 4. The van der Waals surface area contributed by atoms with Crippen molar-refractivity contribution in [1.29, 1.82) is 0 Å². The molecule has 17 heavy (non-hydrogen) atoms. The van der Waals surface area contributed by atoms with E-state index in [1.54, 1.807) is 30.3 Å². The summed E-state index contributed by atoms with van der Waals surface area (Å²) in [7, 11) is 0. The highest BCUT2D eigenvalue weighted by Crippen LogP contribution is 2.21. The van der Waals surface area contributed by atoms with Crippen molar-refractivity contribution in [2.75, 3.05) is 5.73 Å².